The average molecular weight is 540 g/mol. The second-order valence-corrected chi connectivity index (χ2v) is 17.8. The highest BCUT2D eigenvalue weighted by Gasteiger charge is 2.43. The first-order valence-corrected chi connectivity index (χ1v) is 17.3. The molecule has 0 unspecified atom stereocenters. The number of halogens is 1. The van der Waals surface area contributed by atoms with Gasteiger partial charge in [0.2, 0.25) is 0 Å². The van der Waals surface area contributed by atoms with Gasteiger partial charge in [-0.2, -0.15) is 0 Å². The number of benzene rings is 2. The number of rotatable bonds is 10. The summed E-state index contributed by atoms with van der Waals surface area (Å²) in [5.41, 5.74) is 1.99. The number of carbonyl (C=O) groups excluding carboxylic acids is 1. The van der Waals surface area contributed by atoms with E-state index in [1.807, 2.05) is 36.4 Å². The molecule has 6 heteroatoms. The van der Waals surface area contributed by atoms with Crippen molar-refractivity contribution in [3.8, 4) is 0 Å². The van der Waals surface area contributed by atoms with Crippen molar-refractivity contribution >= 4 is 14.3 Å². The summed E-state index contributed by atoms with van der Waals surface area (Å²) in [6.45, 7) is 13.7. The molecule has 3 atom stereocenters. The zero-order valence-corrected chi connectivity index (χ0v) is 24.9. The molecule has 38 heavy (non-hydrogen) atoms. The van der Waals surface area contributed by atoms with Crippen LogP contribution >= 0.6 is 0 Å². The molecule has 1 aliphatic carbocycles. The minimum absolute atomic E-state index is 0.114. The van der Waals surface area contributed by atoms with E-state index in [-0.39, 0.29) is 34.7 Å². The Labute approximate surface area is 230 Å². The fourth-order valence-electron chi connectivity index (χ4n) is 5.76. The van der Waals surface area contributed by atoms with Gasteiger partial charge in [0.25, 0.3) is 0 Å². The highest BCUT2D eigenvalue weighted by Crippen LogP contribution is 2.41. The van der Waals surface area contributed by atoms with Gasteiger partial charge in [-0.1, -0.05) is 88.9 Å². The zero-order chi connectivity index (χ0) is 27.3. The van der Waals surface area contributed by atoms with Gasteiger partial charge in [0.05, 0.1) is 0 Å². The molecule has 4 rings (SSSR count). The van der Waals surface area contributed by atoms with Gasteiger partial charge in [-0.25, -0.2) is 4.39 Å². The lowest BCUT2D eigenvalue weighted by Gasteiger charge is -2.37. The predicted octanol–water partition coefficient (Wildman–Crippen LogP) is 7.56. The summed E-state index contributed by atoms with van der Waals surface area (Å²) in [5, 5.41) is 0.117. The molecule has 1 saturated carbocycles. The van der Waals surface area contributed by atoms with Gasteiger partial charge in [-0.3, -0.25) is 9.69 Å². The monoisotopic (exact) mass is 539 g/mol. The van der Waals surface area contributed by atoms with Crippen LogP contribution < -0.4 is 0 Å². The Morgan fingerprint density at radius 3 is 2.42 bits per heavy atom. The van der Waals surface area contributed by atoms with Crippen LogP contribution in [0.2, 0.25) is 18.1 Å². The molecule has 0 radical (unpaired) electrons. The summed E-state index contributed by atoms with van der Waals surface area (Å²) in [6.07, 6.45) is 5.68. The molecule has 2 aliphatic rings. The maximum absolute atomic E-state index is 14.3. The van der Waals surface area contributed by atoms with Crippen LogP contribution in [0.15, 0.2) is 54.6 Å². The predicted molar refractivity (Wildman–Crippen MR) is 154 cm³/mol. The first kappa shape index (κ1) is 29.0. The van der Waals surface area contributed by atoms with E-state index in [2.05, 4.69) is 38.8 Å². The summed E-state index contributed by atoms with van der Waals surface area (Å²) < 4.78 is 26.9. The van der Waals surface area contributed by atoms with Crippen LogP contribution in [0, 0.1) is 17.7 Å². The van der Waals surface area contributed by atoms with E-state index in [1.54, 1.807) is 12.1 Å². The molecule has 1 heterocycles. The summed E-state index contributed by atoms with van der Waals surface area (Å²) in [7, 11) is -1.95. The molecule has 0 N–H and O–H groups in total. The Kier molecular flexibility index (Phi) is 9.48. The van der Waals surface area contributed by atoms with Crippen LogP contribution in [0.3, 0.4) is 0 Å². The van der Waals surface area contributed by atoms with E-state index in [9.17, 15) is 9.18 Å². The van der Waals surface area contributed by atoms with Crippen molar-refractivity contribution in [2.75, 3.05) is 19.7 Å². The molecule has 0 spiro atoms. The number of hydrogen-bond donors (Lipinski definition) is 0. The topological polar surface area (TPSA) is 38.8 Å². The van der Waals surface area contributed by atoms with E-state index in [4.69, 9.17) is 9.16 Å². The van der Waals surface area contributed by atoms with Crippen LogP contribution in [0.1, 0.15) is 69.9 Å². The number of hydrogen-bond acceptors (Lipinski definition) is 4. The van der Waals surface area contributed by atoms with Crippen LogP contribution in [0.25, 0.3) is 0 Å². The minimum atomic E-state index is -1.95. The van der Waals surface area contributed by atoms with Crippen LogP contribution in [-0.4, -0.2) is 44.9 Å². The third-order valence-corrected chi connectivity index (χ3v) is 13.7. The average Bonchev–Trinajstić information content (AvgIpc) is 3.54. The molecular weight excluding hydrogens is 493 g/mol. The van der Waals surface area contributed by atoms with Crippen molar-refractivity contribution in [2.24, 2.45) is 11.8 Å². The second kappa shape index (κ2) is 12.4. The van der Waals surface area contributed by atoms with Gasteiger partial charge in [0.1, 0.15) is 18.5 Å². The second-order valence-electron chi connectivity index (χ2n) is 12.9. The fraction of sp³-hybridized carbons (Fsp3) is 0.594. The maximum Gasteiger partial charge on any atom is 0.323 e. The fourth-order valence-corrected chi connectivity index (χ4v) is 6.82. The van der Waals surface area contributed by atoms with Crippen molar-refractivity contribution in [3.63, 3.8) is 0 Å². The Balaban J connectivity index is 1.54. The van der Waals surface area contributed by atoms with Crippen LogP contribution in [0.5, 0.6) is 0 Å². The normalized spacial score (nSPS) is 22.1. The lowest BCUT2D eigenvalue weighted by Crippen LogP contribution is -2.43. The molecule has 0 bridgehead atoms. The van der Waals surface area contributed by atoms with E-state index >= 15 is 0 Å². The quantitative estimate of drug-likeness (QED) is 0.231. The lowest BCUT2D eigenvalue weighted by molar-refractivity contribution is -0.152. The zero-order valence-electron chi connectivity index (χ0n) is 23.9. The van der Waals surface area contributed by atoms with E-state index < -0.39 is 8.32 Å². The van der Waals surface area contributed by atoms with Crippen molar-refractivity contribution in [3.05, 3.63) is 71.5 Å². The SMILES string of the molecule is CC(C)(C)[Si](C)(C)OC[C@H]1CN([C@H](CC2CCCC2)C(=O)OCc2ccccc2)C[C@@H]1c1cccc(F)c1. The Bertz CT molecular complexity index is 1050. The van der Waals surface area contributed by atoms with Crippen molar-refractivity contribution in [1.82, 2.24) is 4.90 Å². The van der Waals surface area contributed by atoms with Crippen LogP contribution in [-0.2, 0) is 20.6 Å². The smallest absolute Gasteiger partial charge is 0.323 e. The molecule has 2 fully saturated rings. The third-order valence-electron chi connectivity index (χ3n) is 9.18. The van der Waals surface area contributed by atoms with Gasteiger partial charge >= 0.3 is 5.97 Å². The van der Waals surface area contributed by atoms with Gasteiger partial charge < -0.3 is 9.16 Å². The number of carbonyl (C=O) groups is 1. The Morgan fingerprint density at radius 1 is 1.05 bits per heavy atom. The maximum atomic E-state index is 14.3. The molecule has 1 aliphatic heterocycles. The van der Waals surface area contributed by atoms with Crippen molar-refractivity contribution < 1.29 is 18.3 Å². The van der Waals surface area contributed by atoms with Crippen molar-refractivity contribution in [2.45, 2.75) is 89.6 Å². The van der Waals surface area contributed by atoms with Gasteiger partial charge in [-0.15, -0.1) is 0 Å². The highest BCUT2D eigenvalue weighted by molar-refractivity contribution is 6.74. The van der Waals surface area contributed by atoms with Gasteiger partial charge in [0.15, 0.2) is 8.32 Å². The number of nitrogens with zero attached hydrogens (tertiary/aromatic N) is 1. The molecule has 0 amide bonds. The molecule has 0 aromatic heterocycles. The summed E-state index contributed by atoms with van der Waals surface area (Å²) in [5.74, 6) is 0.515. The first-order valence-electron chi connectivity index (χ1n) is 14.4. The standard InChI is InChI=1S/C32H46FNO3Si/c1-32(2,3)38(4,5)37-23-27-20-34(21-29(27)26-16-11-17-28(33)19-26)30(18-24-12-9-10-13-24)31(35)36-22-25-14-7-6-8-15-25/h6-8,11,14-17,19,24,27,29-30H,9-10,12-13,18,20-23H2,1-5H3/t27-,29-,30-/m1/s1. The molecular formula is C32H46FNO3Si. The molecule has 2 aromatic carbocycles. The molecule has 208 valence electrons. The summed E-state index contributed by atoms with van der Waals surface area (Å²) in [6, 6.07) is 16.6. The number of esters is 1. The van der Waals surface area contributed by atoms with E-state index in [1.165, 1.54) is 31.7 Å². The first-order chi connectivity index (χ1) is 18.0. The van der Waals surface area contributed by atoms with E-state index in [0.717, 1.165) is 24.1 Å². The lowest BCUT2D eigenvalue weighted by atomic mass is 9.89. The summed E-state index contributed by atoms with van der Waals surface area (Å²) in [4.78, 5) is 15.9. The van der Waals surface area contributed by atoms with Gasteiger partial charge in [-0.05, 0) is 53.7 Å². The van der Waals surface area contributed by atoms with Gasteiger partial charge in [0, 0.05) is 31.5 Å². The minimum Gasteiger partial charge on any atom is -0.460 e. The molecule has 4 nitrogen and oxygen atoms in total. The van der Waals surface area contributed by atoms with E-state index in [0.29, 0.717) is 25.7 Å². The third kappa shape index (κ3) is 7.33. The largest absolute Gasteiger partial charge is 0.460 e. The molecule has 2 aromatic rings. The Morgan fingerprint density at radius 2 is 1.76 bits per heavy atom. The Hall–Kier alpha value is -2.02. The number of likely N-dealkylation sites (tertiary alicyclic amines) is 1. The van der Waals surface area contributed by atoms with Crippen molar-refractivity contribution in [1.29, 1.82) is 0 Å². The number of ether oxygens (including phenoxy) is 1. The summed E-state index contributed by atoms with van der Waals surface area (Å²) >= 11 is 0. The highest BCUT2D eigenvalue weighted by atomic mass is 28.4. The van der Waals surface area contributed by atoms with Crippen LogP contribution in [0.4, 0.5) is 4.39 Å². The molecule has 1 saturated heterocycles.